The predicted molar refractivity (Wildman–Crippen MR) is 143 cm³/mol. The Morgan fingerprint density at radius 1 is 1.12 bits per heavy atom. The maximum Gasteiger partial charge on any atom is 0.264 e. The van der Waals surface area contributed by atoms with Gasteiger partial charge >= 0.3 is 0 Å². The van der Waals surface area contributed by atoms with E-state index in [2.05, 4.69) is 16.0 Å². The van der Waals surface area contributed by atoms with Gasteiger partial charge in [0.1, 0.15) is 35.2 Å². The SMILES string of the molecule is N#CC(=CC1CC1)C(=O)N1CCC[C@@H]1Cn1nc(-c2ccc(Oc3c(F)cccc3F)cc2)c2c(N)ncnc21. The van der Waals surface area contributed by atoms with Crippen LogP contribution in [0.2, 0.25) is 0 Å². The molecule has 0 bridgehead atoms. The van der Waals surface area contributed by atoms with E-state index in [-0.39, 0.29) is 29.1 Å². The van der Waals surface area contributed by atoms with E-state index in [4.69, 9.17) is 15.6 Å². The summed E-state index contributed by atoms with van der Waals surface area (Å²) in [5.41, 5.74) is 8.16. The summed E-state index contributed by atoms with van der Waals surface area (Å²) in [5.74, 6) is -1.52. The third-order valence-electron chi connectivity index (χ3n) is 7.22. The zero-order chi connectivity index (χ0) is 27.8. The monoisotopic (exact) mass is 541 g/mol. The molecule has 9 nitrogen and oxygen atoms in total. The Labute approximate surface area is 228 Å². The molecule has 3 heterocycles. The number of nitrogens with two attached hydrogens (primary N) is 1. The highest BCUT2D eigenvalue weighted by molar-refractivity contribution is 5.99. The Balaban J connectivity index is 1.29. The summed E-state index contributed by atoms with van der Waals surface area (Å²) >= 11 is 0. The van der Waals surface area contributed by atoms with E-state index < -0.39 is 17.4 Å². The second kappa shape index (κ2) is 10.4. The van der Waals surface area contributed by atoms with Crippen molar-refractivity contribution < 1.29 is 18.3 Å². The Morgan fingerprint density at radius 2 is 1.88 bits per heavy atom. The molecule has 1 saturated carbocycles. The van der Waals surface area contributed by atoms with E-state index in [0.29, 0.717) is 41.3 Å². The first-order valence-corrected chi connectivity index (χ1v) is 13.0. The molecule has 0 spiro atoms. The van der Waals surface area contributed by atoms with Crippen molar-refractivity contribution in [3.8, 4) is 28.8 Å². The van der Waals surface area contributed by atoms with Gasteiger partial charge in [0.25, 0.3) is 5.91 Å². The molecule has 1 aliphatic carbocycles. The molecule has 11 heteroatoms. The van der Waals surface area contributed by atoms with E-state index in [9.17, 15) is 18.8 Å². The van der Waals surface area contributed by atoms with Crippen LogP contribution in [-0.2, 0) is 11.3 Å². The van der Waals surface area contributed by atoms with Gasteiger partial charge < -0.3 is 15.4 Å². The van der Waals surface area contributed by atoms with Gasteiger partial charge in [-0.05, 0) is 68.0 Å². The van der Waals surface area contributed by atoms with Gasteiger partial charge in [-0.15, -0.1) is 0 Å². The number of ether oxygens (including phenoxy) is 1. The lowest BCUT2D eigenvalue weighted by Gasteiger charge is -2.24. The molecule has 1 saturated heterocycles. The maximum atomic E-state index is 14.0. The zero-order valence-electron chi connectivity index (χ0n) is 21.4. The first-order chi connectivity index (χ1) is 19.4. The Bertz CT molecular complexity index is 1650. The van der Waals surface area contributed by atoms with Crippen LogP contribution in [0, 0.1) is 28.9 Å². The molecule has 40 heavy (non-hydrogen) atoms. The zero-order valence-corrected chi connectivity index (χ0v) is 21.4. The van der Waals surface area contributed by atoms with Crippen LogP contribution in [0.15, 0.2) is 60.4 Å². The number of anilines is 1. The van der Waals surface area contributed by atoms with Crippen LogP contribution in [0.4, 0.5) is 14.6 Å². The molecule has 2 aromatic carbocycles. The number of hydrogen-bond acceptors (Lipinski definition) is 7. The third-order valence-corrected chi connectivity index (χ3v) is 7.22. The van der Waals surface area contributed by atoms with Gasteiger partial charge in [-0.2, -0.15) is 10.4 Å². The molecule has 1 aliphatic heterocycles. The number of nitrogens with zero attached hydrogens (tertiary/aromatic N) is 6. The van der Waals surface area contributed by atoms with Crippen LogP contribution in [0.1, 0.15) is 25.7 Å². The molecule has 4 aromatic rings. The summed E-state index contributed by atoms with van der Waals surface area (Å²) in [6, 6.07) is 12.0. The number of nitrogen functional groups attached to an aromatic ring is 1. The number of rotatable bonds is 7. The number of para-hydroxylation sites is 1. The molecule has 2 N–H and O–H groups in total. The number of hydrogen-bond donors (Lipinski definition) is 1. The highest BCUT2D eigenvalue weighted by Gasteiger charge is 2.33. The van der Waals surface area contributed by atoms with Crippen LogP contribution in [0.25, 0.3) is 22.3 Å². The minimum Gasteiger partial charge on any atom is -0.451 e. The Hall–Kier alpha value is -4.85. The summed E-state index contributed by atoms with van der Waals surface area (Å²) in [4.78, 5) is 23.5. The minimum atomic E-state index is -0.803. The topological polar surface area (TPSA) is 123 Å². The van der Waals surface area contributed by atoms with Gasteiger partial charge in [0.15, 0.2) is 23.0 Å². The fourth-order valence-electron chi connectivity index (χ4n) is 5.04. The van der Waals surface area contributed by atoms with E-state index in [0.717, 1.165) is 37.8 Å². The van der Waals surface area contributed by atoms with Gasteiger partial charge in [-0.3, -0.25) is 4.79 Å². The Morgan fingerprint density at radius 3 is 2.58 bits per heavy atom. The lowest BCUT2D eigenvalue weighted by Crippen LogP contribution is -2.39. The minimum absolute atomic E-state index is 0.165. The predicted octanol–water partition coefficient (Wildman–Crippen LogP) is 5.00. The fraction of sp³-hybridized carbons (Fsp3) is 0.276. The van der Waals surface area contributed by atoms with Gasteiger partial charge in [0.2, 0.25) is 0 Å². The number of aromatic nitrogens is 4. The van der Waals surface area contributed by atoms with Crippen molar-refractivity contribution in [2.45, 2.75) is 38.3 Å². The second-order valence-corrected chi connectivity index (χ2v) is 9.99. The van der Waals surface area contributed by atoms with Crippen LogP contribution >= 0.6 is 0 Å². The van der Waals surface area contributed by atoms with Gasteiger partial charge in [0, 0.05) is 12.1 Å². The number of likely N-dealkylation sites (tertiary alicyclic amines) is 1. The van der Waals surface area contributed by atoms with Crippen LogP contribution in [0.3, 0.4) is 0 Å². The van der Waals surface area contributed by atoms with Gasteiger partial charge in [-0.25, -0.2) is 23.4 Å². The highest BCUT2D eigenvalue weighted by atomic mass is 19.1. The van der Waals surface area contributed by atoms with Crippen LogP contribution < -0.4 is 10.5 Å². The molecule has 2 aromatic heterocycles. The smallest absolute Gasteiger partial charge is 0.264 e. The number of allylic oxidation sites excluding steroid dienone is 1. The fourth-order valence-corrected chi connectivity index (χ4v) is 5.04. The normalized spacial score (nSPS) is 17.3. The van der Waals surface area contributed by atoms with E-state index in [1.165, 1.54) is 12.4 Å². The van der Waals surface area contributed by atoms with Crippen molar-refractivity contribution in [3.63, 3.8) is 0 Å². The lowest BCUT2D eigenvalue weighted by molar-refractivity contribution is -0.127. The summed E-state index contributed by atoms with van der Waals surface area (Å²) < 4.78 is 35.2. The highest BCUT2D eigenvalue weighted by Crippen LogP contribution is 2.35. The summed E-state index contributed by atoms with van der Waals surface area (Å²) in [6.07, 6.45) is 6.77. The van der Waals surface area contributed by atoms with Crippen molar-refractivity contribution in [2.75, 3.05) is 12.3 Å². The average Bonchev–Trinajstić information content (AvgIpc) is 3.53. The summed E-state index contributed by atoms with van der Waals surface area (Å²) in [6.45, 7) is 0.940. The van der Waals surface area contributed by atoms with Crippen molar-refractivity contribution in [1.82, 2.24) is 24.6 Å². The largest absolute Gasteiger partial charge is 0.451 e. The molecule has 1 atom stereocenters. The first kappa shape index (κ1) is 25.4. The average molecular weight is 542 g/mol. The quantitative estimate of drug-likeness (QED) is 0.258. The molecule has 0 unspecified atom stereocenters. The molecule has 1 amide bonds. The van der Waals surface area contributed by atoms with Crippen LogP contribution in [0.5, 0.6) is 11.5 Å². The van der Waals surface area contributed by atoms with Crippen molar-refractivity contribution in [2.24, 2.45) is 5.92 Å². The lowest BCUT2D eigenvalue weighted by atomic mass is 10.1. The van der Waals surface area contributed by atoms with Crippen molar-refractivity contribution in [1.29, 1.82) is 5.26 Å². The standard InChI is InChI=1S/C29H25F2N7O2/c30-22-4-1-5-23(31)26(22)40-21-10-8-18(9-11-21)25-24-27(33)34-16-35-28(24)38(36-25)15-20-3-2-12-37(20)29(39)19(14-32)13-17-6-7-17/h1,4-5,8-11,13,16-17,20H,2-3,6-7,12,15H2,(H2,33,34,35)/t20-/m1/s1. The van der Waals surface area contributed by atoms with E-state index in [1.807, 2.05) is 0 Å². The first-order valence-electron chi connectivity index (χ1n) is 13.0. The summed E-state index contributed by atoms with van der Waals surface area (Å²) in [7, 11) is 0. The van der Waals surface area contributed by atoms with Crippen molar-refractivity contribution >= 4 is 22.8 Å². The number of benzene rings is 2. The van der Waals surface area contributed by atoms with Crippen molar-refractivity contribution in [3.05, 3.63) is 72.1 Å². The molecule has 2 aliphatic rings. The summed E-state index contributed by atoms with van der Waals surface area (Å²) in [5, 5.41) is 14.9. The number of carbonyl (C=O) groups excluding carboxylic acids is 1. The second-order valence-electron chi connectivity index (χ2n) is 9.99. The number of carbonyl (C=O) groups is 1. The van der Waals surface area contributed by atoms with E-state index >= 15 is 0 Å². The number of fused-ring (bicyclic) bond motifs is 1. The maximum absolute atomic E-state index is 14.0. The van der Waals surface area contributed by atoms with Gasteiger partial charge in [0.05, 0.1) is 18.0 Å². The number of amides is 1. The molecular formula is C29H25F2N7O2. The van der Waals surface area contributed by atoms with E-state index in [1.54, 1.807) is 39.9 Å². The van der Waals surface area contributed by atoms with Crippen LogP contribution in [-0.4, -0.2) is 43.1 Å². The Kier molecular flexibility index (Phi) is 6.59. The molecule has 202 valence electrons. The molecular weight excluding hydrogens is 516 g/mol. The molecule has 6 rings (SSSR count). The molecule has 2 fully saturated rings. The molecule has 0 radical (unpaired) electrons. The third kappa shape index (κ3) is 4.84. The number of nitriles is 1. The van der Waals surface area contributed by atoms with Gasteiger partial charge in [-0.1, -0.05) is 12.1 Å². The number of halogens is 2.